The first-order valence-corrected chi connectivity index (χ1v) is 10.3. The maximum absolute atomic E-state index is 12.3. The van der Waals surface area contributed by atoms with Gasteiger partial charge in [-0.05, 0) is 31.1 Å². The lowest BCUT2D eigenvalue weighted by Crippen LogP contribution is -2.23. The Morgan fingerprint density at radius 3 is 2.81 bits per heavy atom. The molecule has 4 aromatic rings. The summed E-state index contributed by atoms with van der Waals surface area (Å²) >= 11 is 1.30. The van der Waals surface area contributed by atoms with Crippen LogP contribution in [0.1, 0.15) is 28.2 Å². The predicted molar refractivity (Wildman–Crippen MR) is 113 cm³/mol. The van der Waals surface area contributed by atoms with E-state index in [9.17, 15) is 14.7 Å². The first kappa shape index (κ1) is 19.2. The molecule has 0 radical (unpaired) electrons. The van der Waals surface area contributed by atoms with Crippen LogP contribution in [0.3, 0.4) is 0 Å². The number of thiophene rings is 1. The van der Waals surface area contributed by atoms with Gasteiger partial charge in [0.2, 0.25) is 11.5 Å². The highest BCUT2D eigenvalue weighted by Gasteiger charge is 2.21. The second-order valence-electron chi connectivity index (χ2n) is 7.39. The summed E-state index contributed by atoms with van der Waals surface area (Å²) in [5.41, 5.74) is 0.593. The van der Waals surface area contributed by atoms with E-state index in [1.165, 1.54) is 20.8 Å². The van der Waals surface area contributed by atoms with Gasteiger partial charge in [0.05, 0.1) is 22.0 Å². The van der Waals surface area contributed by atoms with Crippen molar-refractivity contribution in [2.45, 2.75) is 18.9 Å². The molecule has 0 bridgehead atoms. The average Bonchev–Trinajstić information content (AvgIpc) is 3.12. The number of carbonyl (C=O) groups excluding carboxylic acids is 1. The molecule has 1 fully saturated rings. The van der Waals surface area contributed by atoms with Crippen LogP contribution >= 0.6 is 11.3 Å². The van der Waals surface area contributed by atoms with Crippen LogP contribution in [0.4, 0.5) is 0 Å². The summed E-state index contributed by atoms with van der Waals surface area (Å²) in [5, 5.41) is 14.8. The van der Waals surface area contributed by atoms with Gasteiger partial charge < -0.3 is 15.0 Å². The minimum atomic E-state index is -0.517. The number of nitrogens with one attached hydrogen (secondary N) is 2. The second-order valence-corrected chi connectivity index (χ2v) is 8.48. The SMILES string of the molecule is CN(C)C(=O)c1ccc(-c2nc(=NC3CC3)n3ncc(=Cc4[nH]c(=O)[nH]c4O)c3n2)s1. The van der Waals surface area contributed by atoms with E-state index in [1.54, 1.807) is 32.4 Å². The number of aromatic hydroxyl groups is 1. The van der Waals surface area contributed by atoms with Gasteiger partial charge in [-0.25, -0.2) is 14.8 Å². The fraction of sp³-hybridized carbons (Fsp3) is 0.263. The number of nitrogens with zero attached hydrogens (tertiary/aromatic N) is 6. The Kier molecular flexibility index (Phi) is 4.43. The average molecular weight is 438 g/mol. The van der Waals surface area contributed by atoms with Gasteiger partial charge >= 0.3 is 5.69 Å². The van der Waals surface area contributed by atoms with Crippen molar-refractivity contribution >= 4 is 29.0 Å². The Morgan fingerprint density at radius 1 is 1.32 bits per heavy atom. The number of hydrogen-bond donors (Lipinski definition) is 3. The number of aromatic nitrogens is 6. The largest absolute Gasteiger partial charge is 0.493 e. The molecule has 5 rings (SSSR count). The van der Waals surface area contributed by atoms with Crippen molar-refractivity contribution in [1.82, 2.24) is 34.4 Å². The van der Waals surface area contributed by atoms with Crippen LogP contribution in [0.5, 0.6) is 5.88 Å². The summed E-state index contributed by atoms with van der Waals surface area (Å²) in [5.74, 6) is 0.0636. The van der Waals surface area contributed by atoms with Crippen LogP contribution < -0.4 is 16.5 Å². The van der Waals surface area contributed by atoms with Crippen molar-refractivity contribution in [3.8, 4) is 16.6 Å². The molecule has 1 aliphatic carbocycles. The first-order valence-electron chi connectivity index (χ1n) is 9.53. The zero-order valence-corrected chi connectivity index (χ0v) is 17.5. The zero-order valence-electron chi connectivity index (χ0n) is 16.7. The highest BCUT2D eigenvalue weighted by Crippen LogP contribution is 2.26. The summed E-state index contributed by atoms with van der Waals surface area (Å²) < 4.78 is 1.54. The highest BCUT2D eigenvalue weighted by atomic mass is 32.1. The number of amides is 1. The summed E-state index contributed by atoms with van der Waals surface area (Å²) in [7, 11) is 3.40. The summed E-state index contributed by atoms with van der Waals surface area (Å²) in [6, 6.07) is 3.77. The Morgan fingerprint density at radius 2 is 2.13 bits per heavy atom. The van der Waals surface area contributed by atoms with E-state index < -0.39 is 5.69 Å². The molecule has 4 heterocycles. The van der Waals surface area contributed by atoms with Gasteiger partial charge in [-0.15, -0.1) is 11.3 Å². The molecule has 4 aromatic heterocycles. The minimum Gasteiger partial charge on any atom is -0.493 e. The number of imidazole rings is 1. The molecule has 31 heavy (non-hydrogen) atoms. The van der Waals surface area contributed by atoms with Gasteiger partial charge in [-0.1, -0.05) is 0 Å². The number of hydrogen-bond acceptors (Lipinski definition) is 8. The van der Waals surface area contributed by atoms with Crippen molar-refractivity contribution in [3.05, 3.63) is 50.2 Å². The van der Waals surface area contributed by atoms with Crippen LogP contribution in [-0.4, -0.2) is 65.6 Å². The maximum Gasteiger partial charge on any atom is 0.326 e. The highest BCUT2D eigenvalue weighted by molar-refractivity contribution is 7.17. The van der Waals surface area contributed by atoms with Crippen LogP contribution in [0.25, 0.3) is 22.4 Å². The van der Waals surface area contributed by atoms with E-state index in [4.69, 9.17) is 0 Å². The first-order chi connectivity index (χ1) is 14.9. The van der Waals surface area contributed by atoms with Crippen molar-refractivity contribution in [3.63, 3.8) is 0 Å². The van der Waals surface area contributed by atoms with Crippen LogP contribution in [-0.2, 0) is 0 Å². The standard InChI is InChI=1S/C19H18N8O3S/c1-26(2)17(29)13-6-5-12(31-13)14-23-15-9(7-11-16(28)25-19(30)22-11)8-20-27(15)18(24-14)21-10-3-4-10/h5-8,10,28H,3-4H2,1-2H3,(H2,22,25,30). The number of carbonyl (C=O) groups is 1. The number of fused-ring (bicyclic) bond motifs is 1. The van der Waals surface area contributed by atoms with E-state index in [-0.39, 0.29) is 23.5 Å². The van der Waals surface area contributed by atoms with E-state index in [0.29, 0.717) is 27.2 Å². The summed E-state index contributed by atoms with van der Waals surface area (Å²) in [6.07, 6.45) is 5.14. The van der Waals surface area contributed by atoms with Crippen molar-refractivity contribution in [2.24, 2.45) is 4.99 Å². The molecule has 0 aliphatic heterocycles. The van der Waals surface area contributed by atoms with E-state index in [2.05, 4.69) is 30.0 Å². The van der Waals surface area contributed by atoms with Crippen molar-refractivity contribution < 1.29 is 9.90 Å². The van der Waals surface area contributed by atoms with E-state index >= 15 is 0 Å². The molecule has 11 nitrogen and oxygen atoms in total. The maximum atomic E-state index is 12.3. The lowest BCUT2D eigenvalue weighted by atomic mass is 10.3. The van der Waals surface area contributed by atoms with Crippen LogP contribution in [0, 0.1) is 0 Å². The molecular weight excluding hydrogens is 420 g/mol. The Labute approximate surface area is 178 Å². The Balaban J connectivity index is 1.71. The third kappa shape index (κ3) is 3.61. The topological polar surface area (TPSA) is 145 Å². The molecule has 12 heteroatoms. The van der Waals surface area contributed by atoms with Crippen LogP contribution in [0.15, 0.2) is 28.1 Å². The normalized spacial score (nSPS) is 15.2. The van der Waals surface area contributed by atoms with E-state index in [1.807, 2.05) is 6.07 Å². The van der Waals surface area contributed by atoms with Crippen LogP contribution in [0.2, 0.25) is 0 Å². The van der Waals surface area contributed by atoms with Gasteiger partial charge in [0.1, 0.15) is 5.69 Å². The van der Waals surface area contributed by atoms with Gasteiger partial charge in [0, 0.05) is 19.3 Å². The predicted octanol–water partition coefficient (Wildman–Crippen LogP) is -0.113. The Bertz CT molecular complexity index is 1490. The number of rotatable bonds is 4. The monoisotopic (exact) mass is 438 g/mol. The molecule has 0 atom stereocenters. The Hall–Kier alpha value is -3.80. The summed E-state index contributed by atoms with van der Waals surface area (Å²) in [6.45, 7) is 0. The molecule has 0 spiro atoms. The molecule has 3 N–H and O–H groups in total. The van der Waals surface area contributed by atoms with Crippen molar-refractivity contribution in [2.75, 3.05) is 14.1 Å². The molecule has 1 saturated carbocycles. The van der Waals surface area contributed by atoms with E-state index in [0.717, 1.165) is 17.7 Å². The molecular formula is C19H18N8O3S. The fourth-order valence-corrected chi connectivity index (χ4v) is 3.95. The fourth-order valence-electron chi connectivity index (χ4n) is 2.98. The lowest BCUT2D eigenvalue weighted by molar-refractivity contribution is 0.0832. The molecule has 0 saturated heterocycles. The molecule has 1 aliphatic rings. The lowest BCUT2D eigenvalue weighted by Gasteiger charge is -2.07. The smallest absolute Gasteiger partial charge is 0.326 e. The molecule has 1 amide bonds. The minimum absolute atomic E-state index is 0.0921. The second kappa shape index (κ2) is 7.16. The number of aromatic amines is 2. The third-order valence-corrected chi connectivity index (χ3v) is 5.77. The van der Waals surface area contributed by atoms with Gasteiger partial charge in [-0.3, -0.25) is 9.78 Å². The summed E-state index contributed by atoms with van der Waals surface area (Å²) in [4.78, 5) is 45.2. The quantitative estimate of drug-likeness (QED) is 0.405. The zero-order chi connectivity index (χ0) is 21.7. The van der Waals surface area contributed by atoms with Gasteiger partial charge in [0.25, 0.3) is 5.91 Å². The molecule has 0 unspecified atom stereocenters. The third-order valence-electron chi connectivity index (χ3n) is 4.70. The molecule has 0 aromatic carbocycles. The molecule has 158 valence electrons. The van der Waals surface area contributed by atoms with Gasteiger partial charge in [0.15, 0.2) is 11.5 Å². The van der Waals surface area contributed by atoms with Gasteiger partial charge in [-0.2, -0.15) is 14.6 Å². The number of H-pyrrole nitrogens is 2. The van der Waals surface area contributed by atoms with Crippen molar-refractivity contribution in [1.29, 1.82) is 0 Å².